The van der Waals surface area contributed by atoms with Crippen LogP contribution in [0.25, 0.3) is 0 Å². The van der Waals surface area contributed by atoms with E-state index in [2.05, 4.69) is 9.98 Å². The van der Waals surface area contributed by atoms with Crippen LogP contribution in [0.15, 0.2) is 34.3 Å². The Bertz CT molecular complexity index is 524. The number of ether oxygens (including phenoxy) is 1. The van der Waals surface area contributed by atoms with Crippen molar-refractivity contribution in [3.05, 3.63) is 24.3 Å². The zero-order valence-corrected chi connectivity index (χ0v) is 12.6. The number of hydrogen-bond donors (Lipinski definition) is 2. The van der Waals surface area contributed by atoms with Crippen LogP contribution in [-0.2, 0) is 0 Å². The zero-order valence-electron chi connectivity index (χ0n) is 11.8. The smallest absolute Gasteiger partial charge is 0.220 e. The van der Waals surface area contributed by atoms with Gasteiger partial charge in [-0.25, -0.2) is 4.99 Å². The van der Waals surface area contributed by atoms with Crippen molar-refractivity contribution in [3.8, 4) is 5.75 Å². The highest BCUT2D eigenvalue weighted by atomic mass is 35.5. The summed E-state index contributed by atoms with van der Waals surface area (Å²) >= 11 is 0. The zero-order chi connectivity index (χ0) is 14.0. The molecule has 0 aromatic heterocycles. The summed E-state index contributed by atoms with van der Waals surface area (Å²) in [6, 6.07) is 7.63. The summed E-state index contributed by atoms with van der Waals surface area (Å²) in [4.78, 5) is 10.1. The highest BCUT2D eigenvalue weighted by Crippen LogP contribution is 2.28. The molecule has 0 saturated carbocycles. The Morgan fingerprint density at radius 1 is 1.20 bits per heavy atom. The highest BCUT2D eigenvalue weighted by molar-refractivity contribution is 6.05. The lowest BCUT2D eigenvalue weighted by Crippen LogP contribution is -3.00. The van der Waals surface area contributed by atoms with Gasteiger partial charge in [0.05, 0.1) is 6.61 Å². The first-order valence-corrected chi connectivity index (χ1v) is 6.16. The minimum absolute atomic E-state index is 0. The van der Waals surface area contributed by atoms with E-state index in [9.17, 15) is 0 Å². The van der Waals surface area contributed by atoms with Gasteiger partial charge < -0.3 is 28.6 Å². The molecule has 6 nitrogen and oxygen atoms in total. The monoisotopic (exact) mass is 296 g/mol. The van der Waals surface area contributed by atoms with Crippen LogP contribution in [0.5, 0.6) is 5.75 Å². The number of guanidine groups is 2. The first kappa shape index (κ1) is 16.1. The summed E-state index contributed by atoms with van der Waals surface area (Å²) in [5.74, 6) is 1.35. The molecule has 2 rings (SSSR count). The summed E-state index contributed by atoms with van der Waals surface area (Å²) in [6.45, 7) is 6.44. The number of anilines is 1. The maximum atomic E-state index is 5.96. The third-order valence-electron chi connectivity index (χ3n) is 2.80. The molecule has 1 heterocycles. The van der Waals surface area contributed by atoms with Gasteiger partial charge in [0.25, 0.3) is 0 Å². The van der Waals surface area contributed by atoms with Gasteiger partial charge in [-0.1, -0.05) is 0 Å². The Morgan fingerprint density at radius 2 is 1.80 bits per heavy atom. The van der Waals surface area contributed by atoms with Crippen LogP contribution in [0, 0.1) is 0 Å². The fourth-order valence-electron chi connectivity index (χ4n) is 2.11. The topological polar surface area (TPSA) is 89.2 Å². The molecular formula is C13H19ClN5O-. The van der Waals surface area contributed by atoms with Crippen LogP contribution >= 0.6 is 0 Å². The van der Waals surface area contributed by atoms with E-state index in [-0.39, 0.29) is 18.4 Å². The summed E-state index contributed by atoms with van der Waals surface area (Å²) < 4.78 is 5.42. The largest absolute Gasteiger partial charge is 1.00 e. The standard InChI is InChI=1S/C13H19N5O.ClH/c1-4-19-10-7-5-9(6-8-10)18-12(15)16-11(14)17-13(18,2)3;/h5-8H,4H2,1-3H3,(H4,14,15,16,17);1H/p-1. The van der Waals surface area contributed by atoms with E-state index >= 15 is 0 Å². The average molecular weight is 297 g/mol. The molecule has 0 saturated heterocycles. The summed E-state index contributed by atoms with van der Waals surface area (Å²) in [6.07, 6.45) is 0. The van der Waals surface area contributed by atoms with Gasteiger partial charge >= 0.3 is 0 Å². The Labute approximate surface area is 124 Å². The summed E-state index contributed by atoms with van der Waals surface area (Å²) in [5, 5.41) is 0. The number of hydrogen-bond acceptors (Lipinski definition) is 6. The van der Waals surface area contributed by atoms with E-state index in [0.717, 1.165) is 11.4 Å². The van der Waals surface area contributed by atoms with Crippen molar-refractivity contribution in [2.45, 2.75) is 26.4 Å². The van der Waals surface area contributed by atoms with Crippen molar-refractivity contribution in [2.75, 3.05) is 11.5 Å². The van der Waals surface area contributed by atoms with E-state index in [1.54, 1.807) is 0 Å². The summed E-state index contributed by atoms with van der Waals surface area (Å²) in [7, 11) is 0. The van der Waals surface area contributed by atoms with E-state index in [1.165, 1.54) is 0 Å². The molecule has 20 heavy (non-hydrogen) atoms. The van der Waals surface area contributed by atoms with Crippen LogP contribution in [-0.4, -0.2) is 24.2 Å². The highest BCUT2D eigenvalue weighted by Gasteiger charge is 2.32. The van der Waals surface area contributed by atoms with E-state index in [1.807, 2.05) is 49.9 Å². The van der Waals surface area contributed by atoms with Crippen molar-refractivity contribution in [2.24, 2.45) is 21.5 Å². The van der Waals surface area contributed by atoms with Gasteiger partial charge in [-0.05, 0) is 45.0 Å². The Hall–Kier alpha value is -1.95. The van der Waals surface area contributed by atoms with Crippen LogP contribution in [0.4, 0.5) is 5.69 Å². The molecular weight excluding hydrogens is 278 g/mol. The van der Waals surface area contributed by atoms with E-state index < -0.39 is 5.66 Å². The van der Waals surface area contributed by atoms with Crippen molar-refractivity contribution in [3.63, 3.8) is 0 Å². The first-order valence-electron chi connectivity index (χ1n) is 6.16. The van der Waals surface area contributed by atoms with Gasteiger partial charge in [0.15, 0.2) is 0 Å². The predicted molar refractivity (Wildman–Crippen MR) is 77.4 cm³/mol. The van der Waals surface area contributed by atoms with Crippen LogP contribution in [0.2, 0.25) is 0 Å². The molecule has 0 radical (unpaired) electrons. The minimum atomic E-state index is -0.566. The van der Waals surface area contributed by atoms with Crippen molar-refractivity contribution in [1.29, 1.82) is 0 Å². The fourth-order valence-corrected chi connectivity index (χ4v) is 2.11. The number of nitrogens with zero attached hydrogens (tertiary/aromatic N) is 3. The molecule has 0 amide bonds. The van der Waals surface area contributed by atoms with Gasteiger partial charge in [0, 0.05) is 5.69 Å². The normalized spacial score (nSPS) is 16.9. The molecule has 1 aromatic carbocycles. The number of rotatable bonds is 3. The molecule has 7 heteroatoms. The quantitative estimate of drug-likeness (QED) is 0.694. The van der Waals surface area contributed by atoms with Crippen molar-refractivity contribution < 1.29 is 17.1 Å². The molecule has 4 N–H and O–H groups in total. The van der Waals surface area contributed by atoms with Gasteiger partial charge in [-0.2, -0.15) is 4.99 Å². The molecule has 110 valence electrons. The number of aliphatic imine (C=N–C) groups is 2. The third kappa shape index (κ3) is 3.14. The van der Waals surface area contributed by atoms with Gasteiger partial charge in [0.1, 0.15) is 11.4 Å². The molecule has 1 aliphatic rings. The van der Waals surface area contributed by atoms with Crippen LogP contribution < -0.4 is 33.5 Å². The molecule has 0 bridgehead atoms. The van der Waals surface area contributed by atoms with Crippen LogP contribution in [0.3, 0.4) is 0 Å². The minimum Gasteiger partial charge on any atom is -1.00 e. The molecule has 0 atom stereocenters. The summed E-state index contributed by atoms with van der Waals surface area (Å²) in [5.41, 5.74) is 11.9. The van der Waals surface area contributed by atoms with E-state index in [0.29, 0.717) is 12.6 Å². The lowest BCUT2D eigenvalue weighted by Gasteiger charge is -2.38. The van der Waals surface area contributed by atoms with Gasteiger partial charge in [0.2, 0.25) is 11.9 Å². The number of benzene rings is 1. The van der Waals surface area contributed by atoms with Gasteiger partial charge in [-0.3, -0.25) is 4.90 Å². The number of halogens is 1. The molecule has 1 aromatic rings. The Morgan fingerprint density at radius 3 is 2.30 bits per heavy atom. The lowest BCUT2D eigenvalue weighted by atomic mass is 10.1. The molecule has 0 aliphatic carbocycles. The predicted octanol–water partition coefficient (Wildman–Crippen LogP) is -1.73. The van der Waals surface area contributed by atoms with Crippen molar-refractivity contribution >= 4 is 17.6 Å². The second-order valence-electron chi connectivity index (χ2n) is 4.70. The maximum Gasteiger partial charge on any atom is 0.220 e. The second kappa shape index (κ2) is 6.00. The SMILES string of the molecule is CCOc1ccc(N2C(N)=NC(N)=NC2(C)C)cc1.[Cl-]. The van der Waals surface area contributed by atoms with Crippen LogP contribution in [0.1, 0.15) is 20.8 Å². The van der Waals surface area contributed by atoms with Crippen molar-refractivity contribution in [1.82, 2.24) is 0 Å². The first-order chi connectivity index (χ1) is 8.94. The maximum absolute atomic E-state index is 5.96. The second-order valence-corrected chi connectivity index (χ2v) is 4.70. The number of nitrogens with two attached hydrogens (primary N) is 2. The van der Waals surface area contributed by atoms with E-state index in [4.69, 9.17) is 16.2 Å². The Balaban J connectivity index is 0.00000200. The third-order valence-corrected chi connectivity index (χ3v) is 2.80. The molecule has 0 unspecified atom stereocenters. The molecule has 0 spiro atoms. The molecule has 1 aliphatic heterocycles. The fraction of sp³-hybridized carbons (Fsp3) is 0.385. The lowest BCUT2D eigenvalue weighted by molar-refractivity contribution is -0.00000546. The molecule has 0 fully saturated rings. The Kier molecular flexibility index (Phi) is 4.83. The average Bonchev–Trinajstić information content (AvgIpc) is 2.29. The van der Waals surface area contributed by atoms with Gasteiger partial charge in [-0.15, -0.1) is 0 Å².